The predicted octanol–water partition coefficient (Wildman–Crippen LogP) is 6.44. The van der Waals surface area contributed by atoms with Crippen molar-refractivity contribution in [3.63, 3.8) is 0 Å². The molecular weight excluding hydrogens is 348 g/mol. The minimum Gasteiger partial charge on any atom is -0.493 e. The lowest BCUT2D eigenvalue weighted by atomic mass is 10.1. The van der Waals surface area contributed by atoms with Gasteiger partial charge < -0.3 is 9.47 Å². The summed E-state index contributed by atoms with van der Waals surface area (Å²) >= 11 is 0. The van der Waals surface area contributed by atoms with E-state index in [4.69, 9.17) is 9.47 Å². The van der Waals surface area contributed by atoms with Gasteiger partial charge in [-0.15, -0.1) is 0 Å². The van der Waals surface area contributed by atoms with Crippen molar-refractivity contribution in [2.75, 3.05) is 13.2 Å². The molecule has 0 aromatic heterocycles. The van der Waals surface area contributed by atoms with Crippen molar-refractivity contribution >= 4 is 5.97 Å². The summed E-state index contributed by atoms with van der Waals surface area (Å²) in [4.78, 5) is 12.0. The van der Waals surface area contributed by atoms with Gasteiger partial charge in [0, 0.05) is 17.6 Å². The van der Waals surface area contributed by atoms with Crippen molar-refractivity contribution in [3.8, 4) is 16.9 Å². The van der Waals surface area contributed by atoms with E-state index in [2.05, 4.69) is 32.6 Å². The first kappa shape index (κ1) is 21.7. The molecule has 0 saturated heterocycles. The average Bonchev–Trinajstić information content (AvgIpc) is 2.71. The van der Waals surface area contributed by atoms with E-state index in [-0.39, 0.29) is 5.97 Å². The molecule has 2 aromatic carbocycles. The maximum Gasteiger partial charge on any atom is 0.333 e. The van der Waals surface area contributed by atoms with E-state index in [0.29, 0.717) is 25.2 Å². The predicted molar refractivity (Wildman–Crippen MR) is 115 cm³/mol. The minimum absolute atomic E-state index is 0.316. The topological polar surface area (TPSA) is 35.5 Å². The fraction of sp³-hybridized carbons (Fsp3) is 0.400. The van der Waals surface area contributed by atoms with Gasteiger partial charge in [0.15, 0.2) is 0 Å². The van der Waals surface area contributed by atoms with Gasteiger partial charge in [-0.25, -0.2) is 4.79 Å². The molecule has 0 unspecified atom stereocenters. The van der Waals surface area contributed by atoms with Crippen molar-refractivity contribution in [2.45, 2.75) is 46.0 Å². The van der Waals surface area contributed by atoms with Gasteiger partial charge in [-0.2, -0.15) is 0 Å². The zero-order chi connectivity index (χ0) is 20.2. The standard InChI is InChI=1S/C25H32O3/c1-20(2)12-6-5-11-18-28-25(26)21(3)17-19-27-24-16-10-9-15-23(24)22-13-7-4-8-14-22/h4,7-10,13-16,20H,3,5-6,11-12,17-19H2,1-2H3. The second-order valence-electron chi connectivity index (χ2n) is 7.44. The molecule has 0 aliphatic heterocycles. The number of unbranched alkanes of at least 4 members (excludes halogenated alkanes) is 2. The van der Waals surface area contributed by atoms with E-state index in [0.717, 1.165) is 35.6 Å². The lowest BCUT2D eigenvalue weighted by Gasteiger charge is -2.12. The van der Waals surface area contributed by atoms with Crippen LogP contribution < -0.4 is 4.74 Å². The van der Waals surface area contributed by atoms with E-state index < -0.39 is 0 Å². The lowest BCUT2D eigenvalue weighted by Crippen LogP contribution is -2.11. The normalized spacial score (nSPS) is 10.7. The van der Waals surface area contributed by atoms with Crippen molar-refractivity contribution in [1.82, 2.24) is 0 Å². The molecule has 150 valence electrons. The van der Waals surface area contributed by atoms with Crippen LogP contribution in [-0.2, 0) is 9.53 Å². The fourth-order valence-corrected chi connectivity index (χ4v) is 2.93. The Balaban J connectivity index is 1.72. The highest BCUT2D eigenvalue weighted by Gasteiger charge is 2.10. The first-order valence-electron chi connectivity index (χ1n) is 10.2. The molecule has 3 heteroatoms. The van der Waals surface area contributed by atoms with Crippen LogP contribution in [0, 0.1) is 5.92 Å². The van der Waals surface area contributed by atoms with E-state index in [1.54, 1.807) is 0 Å². The third-order valence-corrected chi connectivity index (χ3v) is 4.58. The maximum atomic E-state index is 12.0. The summed E-state index contributed by atoms with van der Waals surface area (Å²) in [6.45, 7) is 9.16. The van der Waals surface area contributed by atoms with E-state index in [1.165, 1.54) is 12.8 Å². The molecule has 0 atom stereocenters. The van der Waals surface area contributed by atoms with Crippen LogP contribution in [0.1, 0.15) is 46.0 Å². The summed E-state index contributed by atoms with van der Waals surface area (Å²) in [5, 5.41) is 0. The molecule has 2 rings (SSSR count). The smallest absolute Gasteiger partial charge is 0.333 e. The van der Waals surface area contributed by atoms with Crippen LogP contribution in [0.25, 0.3) is 11.1 Å². The first-order chi connectivity index (χ1) is 13.6. The Kier molecular flexibility index (Phi) is 9.33. The quantitative estimate of drug-likeness (QED) is 0.241. The van der Waals surface area contributed by atoms with Crippen molar-refractivity contribution in [3.05, 3.63) is 66.7 Å². The Bertz CT molecular complexity index is 734. The average molecular weight is 381 g/mol. The molecular formula is C25H32O3. The SMILES string of the molecule is C=C(CCOc1ccccc1-c1ccccc1)C(=O)OCCCCCC(C)C. The van der Waals surface area contributed by atoms with Crippen LogP contribution in [-0.4, -0.2) is 19.2 Å². The van der Waals surface area contributed by atoms with Gasteiger partial charge in [-0.3, -0.25) is 0 Å². The highest BCUT2D eigenvalue weighted by Crippen LogP contribution is 2.29. The summed E-state index contributed by atoms with van der Waals surface area (Å²) < 4.78 is 11.2. The number of ether oxygens (including phenoxy) is 2. The molecule has 0 amide bonds. The third-order valence-electron chi connectivity index (χ3n) is 4.58. The van der Waals surface area contributed by atoms with Crippen LogP contribution in [0.15, 0.2) is 66.7 Å². The Morgan fingerprint density at radius 2 is 1.64 bits per heavy atom. The van der Waals surface area contributed by atoms with E-state index >= 15 is 0 Å². The molecule has 0 radical (unpaired) electrons. The van der Waals surface area contributed by atoms with Crippen molar-refractivity contribution in [1.29, 1.82) is 0 Å². The molecule has 0 fully saturated rings. The van der Waals surface area contributed by atoms with E-state index in [1.807, 2.05) is 42.5 Å². The monoisotopic (exact) mass is 380 g/mol. The van der Waals surface area contributed by atoms with Gasteiger partial charge in [0.1, 0.15) is 5.75 Å². The molecule has 2 aromatic rings. The number of hydrogen-bond acceptors (Lipinski definition) is 3. The molecule has 0 aliphatic rings. The van der Waals surface area contributed by atoms with E-state index in [9.17, 15) is 4.79 Å². The summed E-state index contributed by atoms with van der Waals surface area (Å²) in [6, 6.07) is 18.0. The van der Waals surface area contributed by atoms with Crippen LogP contribution in [0.5, 0.6) is 5.75 Å². The minimum atomic E-state index is -0.316. The second kappa shape index (κ2) is 12.0. The number of carbonyl (C=O) groups is 1. The van der Waals surface area contributed by atoms with Gasteiger partial charge in [0.2, 0.25) is 0 Å². The molecule has 28 heavy (non-hydrogen) atoms. The Morgan fingerprint density at radius 1 is 0.929 bits per heavy atom. The number of carbonyl (C=O) groups excluding carboxylic acids is 1. The Morgan fingerprint density at radius 3 is 2.39 bits per heavy atom. The number of hydrogen-bond donors (Lipinski definition) is 0. The molecule has 0 aliphatic carbocycles. The highest BCUT2D eigenvalue weighted by molar-refractivity contribution is 5.87. The largest absolute Gasteiger partial charge is 0.493 e. The number of benzene rings is 2. The summed E-state index contributed by atoms with van der Waals surface area (Å²) in [5.74, 6) is 1.22. The maximum absolute atomic E-state index is 12.0. The summed E-state index contributed by atoms with van der Waals surface area (Å²) in [6.07, 6.45) is 4.87. The summed E-state index contributed by atoms with van der Waals surface area (Å²) in [7, 11) is 0. The van der Waals surface area contributed by atoms with Crippen LogP contribution in [0.4, 0.5) is 0 Å². The van der Waals surface area contributed by atoms with Crippen LogP contribution in [0.2, 0.25) is 0 Å². The zero-order valence-electron chi connectivity index (χ0n) is 17.2. The molecule has 3 nitrogen and oxygen atoms in total. The highest BCUT2D eigenvalue weighted by atomic mass is 16.5. The van der Waals surface area contributed by atoms with Gasteiger partial charge in [0.25, 0.3) is 0 Å². The first-order valence-corrected chi connectivity index (χ1v) is 10.2. The van der Waals surface area contributed by atoms with Crippen LogP contribution in [0.3, 0.4) is 0 Å². The lowest BCUT2D eigenvalue weighted by molar-refractivity contribution is -0.139. The zero-order valence-corrected chi connectivity index (χ0v) is 17.2. The molecule has 0 spiro atoms. The number of esters is 1. The Hall–Kier alpha value is -2.55. The molecule has 0 bridgehead atoms. The molecule has 0 heterocycles. The van der Waals surface area contributed by atoms with Crippen molar-refractivity contribution < 1.29 is 14.3 Å². The fourth-order valence-electron chi connectivity index (χ4n) is 2.93. The van der Waals surface area contributed by atoms with Gasteiger partial charge in [-0.05, 0) is 24.0 Å². The van der Waals surface area contributed by atoms with Gasteiger partial charge in [-0.1, -0.05) is 88.2 Å². The number of rotatable bonds is 12. The third kappa shape index (κ3) is 7.59. The second-order valence-corrected chi connectivity index (χ2v) is 7.44. The van der Waals surface area contributed by atoms with Crippen molar-refractivity contribution in [2.24, 2.45) is 5.92 Å². The van der Waals surface area contributed by atoms with Crippen LogP contribution >= 0.6 is 0 Å². The molecule has 0 saturated carbocycles. The van der Waals surface area contributed by atoms with Gasteiger partial charge >= 0.3 is 5.97 Å². The van der Waals surface area contributed by atoms with Gasteiger partial charge in [0.05, 0.1) is 13.2 Å². The number of para-hydroxylation sites is 1. The summed E-state index contributed by atoms with van der Waals surface area (Å²) in [5.41, 5.74) is 2.60. The molecule has 0 N–H and O–H groups in total. The Labute approximate surface area is 169 Å².